The first-order valence-corrected chi connectivity index (χ1v) is 9.04. The van der Waals surface area contributed by atoms with Crippen molar-refractivity contribution in [2.45, 2.75) is 25.3 Å². The largest absolute Gasteiger partial charge is 0.328 e. The van der Waals surface area contributed by atoms with Gasteiger partial charge in [0, 0.05) is 17.5 Å². The molecule has 1 saturated carbocycles. The molecule has 1 aromatic heterocycles. The molecular formula is C19H19N3OS. The molecule has 122 valence electrons. The van der Waals surface area contributed by atoms with E-state index in [-0.39, 0.29) is 17.9 Å². The van der Waals surface area contributed by atoms with E-state index in [4.69, 9.17) is 10.7 Å². The Morgan fingerprint density at radius 3 is 2.71 bits per heavy atom. The second-order valence-corrected chi connectivity index (χ2v) is 7.32. The third-order valence-electron chi connectivity index (χ3n) is 4.55. The smallest absolute Gasteiger partial charge is 0.227 e. The van der Waals surface area contributed by atoms with Gasteiger partial charge in [-0.3, -0.25) is 4.79 Å². The summed E-state index contributed by atoms with van der Waals surface area (Å²) in [6.45, 7) is 0. The van der Waals surface area contributed by atoms with E-state index in [0.29, 0.717) is 0 Å². The zero-order chi connectivity index (χ0) is 16.5. The minimum atomic E-state index is 0.0171. The van der Waals surface area contributed by atoms with Gasteiger partial charge in [-0.2, -0.15) is 0 Å². The number of carbonyl (C=O) groups is 1. The van der Waals surface area contributed by atoms with Crippen LogP contribution in [0.2, 0.25) is 0 Å². The summed E-state index contributed by atoms with van der Waals surface area (Å²) >= 11 is 1.64. The first-order chi connectivity index (χ1) is 11.7. The van der Waals surface area contributed by atoms with E-state index in [1.807, 2.05) is 42.5 Å². The summed E-state index contributed by atoms with van der Waals surface area (Å²) < 4.78 is 1.15. The maximum Gasteiger partial charge on any atom is 0.227 e. The van der Waals surface area contributed by atoms with Crippen LogP contribution in [0.1, 0.15) is 19.3 Å². The van der Waals surface area contributed by atoms with E-state index in [1.54, 1.807) is 11.3 Å². The average Bonchev–Trinajstić information content (AvgIpc) is 3.21. The summed E-state index contributed by atoms with van der Waals surface area (Å²) in [5.41, 5.74) is 8.71. The molecule has 24 heavy (non-hydrogen) atoms. The zero-order valence-electron chi connectivity index (χ0n) is 13.2. The van der Waals surface area contributed by atoms with Gasteiger partial charge in [0.05, 0.1) is 15.9 Å². The topological polar surface area (TPSA) is 68.0 Å². The Kier molecular flexibility index (Phi) is 4.04. The molecule has 4 nitrogen and oxygen atoms in total. The van der Waals surface area contributed by atoms with Gasteiger partial charge in [-0.05, 0) is 43.5 Å². The fourth-order valence-corrected chi connectivity index (χ4v) is 4.26. The predicted octanol–water partition coefficient (Wildman–Crippen LogP) is 4.03. The number of hydrogen-bond acceptors (Lipinski definition) is 4. The monoisotopic (exact) mass is 337 g/mol. The normalized spacial score (nSPS) is 20.4. The Hall–Kier alpha value is -2.24. The Balaban J connectivity index is 1.64. The standard InChI is InChI=1S/C19H19N3OS/c20-13-10-9-12(11-13)18(23)21-15-6-2-1-5-14(15)19-22-16-7-3-4-8-17(16)24-19/h1-8,12-13H,9-11,20H2,(H,21,23). The number of nitrogens with zero attached hydrogens (tertiary/aromatic N) is 1. The van der Waals surface area contributed by atoms with E-state index in [0.717, 1.165) is 45.7 Å². The number of anilines is 1. The van der Waals surface area contributed by atoms with Gasteiger partial charge in [-0.25, -0.2) is 4.98 Å². The molecule has 2 atom stereocenters. The number of thiazole rings is 1. The second kappa shape index (κ2) is 6.34. The van der Waals surface area contributed by atoms with Crippen molar-refractivity contribution in [3.05, 3.63) is 48.5 Å². The van der Waals surface area contributed by atoms with Gasteiger partial charge in [0.1, 0.15) is 5.01 Å². The molecule has 5 heteroatoms. The van der Waals surface area contributed by atoms with Crippen molar-refractivity contribution in [1.82, 2.24) is 4.98 Å². The molecule has 0 radical (unpaired) electrons. The number of nitrogens with two attached hydrogens (primary N) is 1. The van der Waals surface area contributed by atoms with Crippen LogP contribution in [-0.4, -0.2) is 16.9 Å². The molecule has 0 saturated heterocycles. The Labute approximate surface area is 144 Å². The second-order valence-electron chi connectivity index (χ2n) is 6.29. The van der Waals surface area contributed by atoms with Gasteiger partial charge < -0.3 is 11.1 Å². The van der Waals surface area contributed by atoms with Crippen molar-refractivity contribution < 1.29 is 4.79 Å². The highest BCUT2D eigenvalue weighted by Gasteiger charge is 2.28. The van der Waals surface area contributed by atoms with Gasteiger partial charge in [0.25, 0.3) is 0 Å². The number of rotatable bonds is 3. The van der Waals surface area contributed by atoms with Crippen molar-refractivity contribution >= 4 is 33.1 Å². The maximum absolute atomic E-state index is 12.5. The molecule has 4 rings (SSSR count). The van der Waals surface area contributed by atoms with Crippen LogP contribution < -0.4 is 11.1 Å². The molecule has 0 aliphatic heterocycles. The van der Waals surface area contributed by atoms with Crippen LogP contribution >= 0.6 is 11.3 Å². The van der Waals surface area contributed by atoms with Crippen LogP contribution in [0.25, 0.3) is 20.8 Å². The van der Waals surface area contributed by atoms with E-state index in [2.05, 4.69) is 11.4 Å². The quantitative estimate of drug-likeness (QED) is 0.758. The number of amides is 1. The molecule has 1 fully saturated rings. The van der Waals surface area contributed by atoms with E-state index in [9.17, 15) is 4.79 Å². The molecule has 2 unspecified atom stereocenters. The molecule has 1 aliphatic rings. The summed E-state index contributed by atoms with van der Waals surface area (Å²) in [6.07, 6.45) is 2.57. The summed E-state index contributed by atoms with van der Waals surface area (Å²) in [4.78, 5) is 17.2. The summed E-state index contributed by atoms with van der Waals surface area (Å²) in [6, 6.07) is 16.1. The molecule has 1 heterocycles. The average molecular weight is 337 g/mol. The minimum Gasteiger partial charge on any atom is -0.328 e. The number of carbonyl (C=O) groups excluding carboxylic acids is 1. The fraction of sp³-hybridized carbons (Fsp3) is 0.263. The van der Waals surface area contributed by atoms with E-state index < -0.39 is 0 Å². The van der Waals surface area contributed by atoms with Gasteiger partial charge in [0.2, 0.25) is 5.91 Å². The molecule has 1 amide bonds. The van der Waals surface area contributed by atoms with Crippen LogP contribution in [0.4, 0.5) is 5.69 Å². The molecule has 3 N–H and O–H groups in total. The van der Waals surface area contributed by atoms with Crippen LogP contribution in [-0.2, 0) is 4.79 Å². The number of benzene rings is 2. The van der Waals surface area contributed by atoms with Crippen LogP contribution in [0.3, 0.4) is 0 Å². The van der Waals surface area contributed by atoms with Crippen LogP contribution in [0.15, 0.2) is 48.5 Å². The Morgan fingerprint density at radius 1 is 1.12 bits per heavy atom. The summed E-state index contributed by atoms with van der Waals surface area (Å²) in [5.74, 6) is 0.0833. The Morgan fingerprint density at radius 2 is 1.92 bits per heavy atom. The first kappa shape index (κ1) is 15.3. The fourth-order valence-electron chi connectivity index (χ4n) is 3.26. The molecule has 2 aromatic carbocycles. The van der Waals surface area contributed by atoms with Crippen LogP contribution in [0.5, 0.6) is 0 Å². The van der Waals surface area contributed by atoms with Crippen molar-refractivity contribution in [1.29, 1.82) is 0 Å². The molecule has 3 aromatic rings. The van der Waals surface area contributed by atoms with Gasteiger partial charge >= 0.3 is 0 Å². The molecule has 1 aliphatic carbocycles. The number of nitrogens with one attached hydrogen (secondary N) is 1. The van der Waals surface area contributed by atoms with Crippen molar-refractivity contribution in [3.63, 3.8) is 0 Å². The zero-order valence-corrected chi connectivity index (χ0v) is 14.1. The van der Waals surface area contributed by atoms with Crippen molar-refractivity contribution in [2.75, 3.05) is 5.32 Å². The summed E-state index contributed by atoms with van der Waals surface area (Å²) in [5, 5.41) is 4.01. The van der Waals surface area contributed by atoms with Gasteiger partial charge in [-0.15, -0.1) is 11.3 Å². The lowest BCUT2D eigenvalue weighted by Gasteiger charge is -2.13. The Bertz CT molecular complexity index is 856. The first-order valence-electron chi connectivity index (χ1n) is 8.22. The lowest BCUT2D eigenvalue weighted by molar-refractivity contribution is -0.119. The SMILES string of the molecule is NC1CCC(C(=O)Nc2ccccc2-c2nc3ccccc3s2)C1. The van der Waals surface area contributed by atoms with Crippen molar-refractivity contribution in [2.24, 2.45) is 11.7 Å². The highest BCUT2D eigenvalue weighted by atomic mass is 32.1. The minimum absolute atomic E-state index is 0.0171. The maximum atomic E-state index is 12.5. The predicted molar refractivity (Wildman–Crippen MR) is 99.0 cm³/mol. The number of fused-ring (bicyclic) bond motifs is 1. The highest BCUT2D eigenvalue weighted by molar-refractivity contribution is 7.21. The summed E-state index contributed by atoms with van der Waals surface area (Å²) in [7, 11) is 0. The number of hydrogen-bond donors (Lipinski definition) is 2. The lowest BCUT2D eigenvalue weighted by Crippen LogP contribution is -2.23. The van der Waals surface area contributed by atoms with E-state index in [1.165, 1.54) is 0 Å². The van der Waals surface area contributed by atoms with E-state index >= 15 is 0 Å². The van der Waals surface area contributed by atoms with Gasteiger partial charge in [0.15, 0.2) is 0 Å². The molecule has 0 spiro atoms. The third kappa shape index (κ3) is 2.92. The number of para-hydroxylation sites is 2. The highest BCUT2D eigenvalue weighted by Crippen LogP contribution is 2.35. The third-order valence-corrected chi connectivity index (χ3v) is 5.62. The lowest BCUT2D eigenvalue weighted by atomic mass is 10.1. The van der Waals surface area contributed by atoms with Crippen molar-refractivity contribution in [3.8, 4) is 10.6 Å². The van der Waals surface area contributed by atoms with Gasteiger partial charge in [-0.1, -0.05) is 24.3 Å². The number of aromatic nitrogens is 1. The van der Waals surface area contributed by atoms with Crippen LogP contribution in [0, 0.1) is 5.92 Å². The molecular weight excluding hydrogens is 318 g/mol. The molecule has 0 bridgehead atoms.